The molecule has 3 aromatic carbocycles. The Morgan fingerprint density at radius 3 is 2.71 bits per heavy atom. The van der Waals surface area contributed by atoms with Crippen molar-refractivity contribution in [1.82, 2.24) is 14.8 Å². The lowest BCUT2D eigenvalue weighted by Crippen LogP contribution is -2.29. The first-order valence-electron chi connectivity index (χ1n) is 15.2. The molecule has 0 saturated carbocycles. The summed E-state index contributed by atoms with van der Waals surface area (Å²) in [6.45, 7) is 9.88. The van der Waals surface area contributed by atoms with Crippen molar-refractivity contribution in [2.45, 2.75) is 45.7 Å². The van der Waals surface area contributed by atoms with Crippen LogP contribution in [0.25, 0.3) is 17.0 Å². The van der Waals surface area contributed by atoms with Crippen LogP contribution in [-0.4, -0.2) is 60.6 Å². The van der Waals surface area contributed by atoms with E-state index in [0.29, 0.717) is 12.6 Å². The maximum Gasteiger partial charge on any atom is 0.330 e. The number of rotatable bonds is 14. The quantitative estimate of drug-likeness (QED) is 0.135. The molecule has 1 aliphatic rings. The highest BCUT2D eigenvalue weighted by Gasteiger charge is 2.28. The minimum atomic E-state index is -0.337. The molecule has 42 heavy (non-hydrogen) atoms. The van der Waals surface area contributed by atoms with Crippen LogP contribution in [0.4, 0.5) is 0 Å². The second-order valence-corrected chi connectivity index (χ2v) is 11.0. The van der Waals surface area contributed by atoms with Gasteiger partial charge in [-0.15, -0.1) is 0 Å². The number of nitrogens with one attached hydrogen (secondary N) is 1. The van der Waals surface area contributed by atoms with E-state index in [9.17, 15) is 4.79 Å². The molecule has 0 spiro atoms. The monoisotopic (exact) mass is 565 g/mol. The Kier molecular flexibility index (Phi) is 10.1. The van der Waals surface area contributed by atoms with Crippen LogP contribution in [-0.2, 0) is 28.9 Å². The molecular weight excluding hydrogens is 522 g/mol. The van der Waals surface area contributed by atoms with E-state index in [1.807, 2.05) is 6.08 Å². The van der Waals surface area contributed by atoms with Gasteiger partial charge in [0, 0.05) is 48.9 Å². The molecule has 0 amide bonds. The van der Waals surface area contributed by atoms with Crippen molar-refractivity contribution in [2.24, 2.45) is 0 Å². The third kappa shape index (κ3) is 7.30. The second-order valence-electron chi connectivity index (χ2n) is 11.0. The van der Waals surface area contributed by atoms with E-state index in [0.717, 1.165) is 63.3 Å². The lowest BCUT2D eigenvalue weighted by Gasteiger charge is -2.30. The predicted molar refractivity (Wildman–Crippen MR) is 171 cm³/mol. The van der Waals surface area contributed by atoms with Gasteiger partial charge in [0.2, 0.25) is 0 Å². The number of aryl methyl sites for hydroxylation is 1. The molecule has 6 heteroatoms. The molecule has 1 atom stereocenters. The lowest BCUT2D eigenvalue weighted by molar-refractivity contribution is -0.134. The summed E-state index contributed by atoms with van der Waals surface area (Å²) in [5.74, 6) is 0.598. The molecule has 1 aromatic heterocycles. The third-order valence-electron chi connectivity index (χ3n) is 8.47. The highest BCUT2D eigenvalue weighted by Crippen LogP contribution is 2.38. The summed E-state index contributed by atoms with van der Waals surface area (Å²) in [7, 11) is 1.40. The molecule has 6 nitrogen and oxygen atoms in total. The van der Waals surface area contributed by atoms with Gasteiger partial charge in [0.15, 0.2) is 0 Å². The Morgan fingerprint density at radius 1 is 1.02 bits per heavy atom. The molecule has 1 N–H and O–H groups in total. The molecule has 4 aromatic rings. The van der Waals surface area contributed by atoms with Crippen LogP contribution in [0.3, 0.4) is 0 Å². The number of para-hydroxylation sites is 1. The minimum absolute atomic E-state index is 0.330. The molecule has 0 saturated heterocycles. The van der Waals surface area contributed by atoms with E-state index in [1.54, 1.807) is 0 Å². The van der Waals surface area contributed by atoms with E-state index < -0.39 is 0 Å². The van der Waals surface area contributed by atoms with Crippen molar-refractivity contribution in [3.05, 3.63) is 107 Å². The van der Waals surface area contributed by atoms with E-state index in [-0.39, 0.29) is 5.97 Å². The average molecular weight is 566 g/mol. The van der Waals surface area contributed by atoms with Gasteiger partial charge in [0.25, 0.3) is 0 Å². The van der Waals surface area contributed by atoms with Crippen molar-refractivity contribution >= 4 is 22.9 Å². The SMILES string of the molecule is CCN(CC)CCOc1cccc(CN(CCc2c[nH]c3ccccc23)C2CCc3cc(C=CC(=O)OC)ccc32)c1. The molecule has 1 heterocycles. The number of hydrogen-bond donors (Lipinski definition) is 1. The largest absolute Gasteiger partial charge is 0.492 e. The van der Waals surface area contributed by atoms with Gasteiger partial charge in [-0.05, 0) is 84.4 Å². The van der Waals surface area contributed by atoms with Crippen molar-refractivity contribution < 1.29 is 14.3 Å². The van der Waals surface area contributed by atoms with E-state index in [4.69, 9.17) is 9.47 Å². The zero-order chi connectivity index (χ0) is 29.3. The molecule has 0 bridgehead atoms. The maximum atomic E-state index is 11.6. The fourth-order valence-corrected chi connectivity index (χ4v) is 6.08. The van der Waals surface area contributed by atoms with Crippen LogP contribution >= 0.6 is 0 Å². The van der Waals surface area contributed by atoms with Gasteiger partial charge in [0.05, 0.1) is 7.11 Å². The normalized spacial score (nSPS) is 14.7. The first kappa shape index (κ1) is 29.6. The van der Waals surface area contributed by atoms with Crippen LogP contribution in [0.15, 0.2) is 79.0 Å². The van der Waals surface area contributed by atoms with Crippen molar-refractivity contribution in [3.63, 3.8) is 0 Å². The number of esters is 1. The Hall–Kier alpha value is -3.87. The first-order chi connectivity index (χ1) is 20.6. The van der Waals surface area contributed by atoms with Crippen LogP contribution in [0.2, 0.25) is 0 Å². The van der Waals surface area contributed by atoms with Crippen LogP contribution in [0, 0.1) is 0 Å². The Bertz CT molecular complexity index is 1500. The number of aromatic amines is 1. The molecular formula is C36H43N3O3. The highest BCUT2D eigenvalue weighted by atomic mass is 16.5. The Morgan fingerprint density at radius 2 is 1.88 bits per heavy atom. The summed E-state index contributed by atoms with van der Waals surface area (Å²) >= 11 is 0. The van der Waals surface area contributed by atoms with E-state index in [1.165, 1.54) is 46.3 Å². The van der Waals surface area contributed by atoms with Crippen LogP contribution < -0.4 is 4.74 Å². The fraction of sp³-hybridized carbons (Fsp3) is 0.361. The van der Waals surface area contributed by atoms with Gasteiger partial charge in [-0.3, -0.25) is 4.90 Å². The third-order valence-corrected chi connectivity index (χ3v) is 8.47. The van der Waals surface area contributed by atoms with Gasteiger partial charge in [0.1, 0.15) is 12.4 Å². The van der Waals surface area contributed by atoms with Gasteiger partial charge in [-0.25, -0.2) is 4.79 Å². The Balaban J connectivity index is 1.35. The van der Waals surface area contributed by atoms with Gasteiger partial charge < -0.3 is 19.4 Å². The molecule has 0 fully saturated rings. The molecule has 1 unspecified atom stereocenters. The average Bonchev–Trinajstić information content (AvgIpc) is 3.64. The Labute approximate surface area is 249 Å². The smallest absolute Gasteiger partial charge is 0.330 e. The van der Waals surface area contributed by atoms with Crippen molar-refractivity contribution in [3.8, 4) is 5.75 Å². The number of carbonyl (C=O) groups excluding carboxylic acids is 1. The van der Waals surface area contributed by atoms with Crippen LogP contribution in [0.1, 0.15) is 54.1 Å². The summed E-state index contributed by atoms with van der Waals surface area (Å²) in [6.07, 6.45) is 8.55. The number of benzene rings is 3. The number of methoxy groups -OCH3 is 1. The van der Waals surface area contributed by atoms with Crippen LogP contribution in [0.5, 0.6) is 5.75 Å². The predicted octanol–water partition coefficient (Wildman–Crippen LogP) is 6.81. The summed E-state index contributed by atoms with van der Waals surface area (Å²) in [6, 6.07) is 24.0. The number of fused-ring (bicyclic) bond motifs is 2. The van der Waals surface area contributed by atoms with Crippen molar-refractivity contribution in [1.29, 1.82) is 0 Å². The molecule has 0 radical (unpaired) electrons. The summed E-state index contributed by atoms with van der Waals surface area (Å²) in [5, 5.41) is 1.30. The number of hydrogen-bond acceptors (Lipinski definition) is 5. The minimum Gasteiger partial charge on any atom is -0.492 e. The van der Waals surface area contributed by atoms with Crippen molar-refractivity contribution in [2.75, 3.05) is 39.9 Å². The highest BCUT2D eigenvalue weighted by molar-refractivity contribution is 5.87. The number of aromatic nitrogens is 1. The zero-order valence-corrected chi connectivity index (χ0v) is 25.1. The maximum absolute atomic E-state index is 11.6. The number of H-pyrrole nitrogens is 1. The summed E-state index contributed by atoms with van der Waals surface area (Å²) < 4.78 is 10.9. The van der Waals surface area contributed by atoms with Gasteiger partial charge in [-0.1, -0.05) is 62.4 Å². The lowest BCUT2D eigenvalue weighted by atomic mass is 10.0. The number of likely N-dealkylation sites (N-methyl/N-ethyl adjacent to an activating group) is 1. The molecule has 1 aliphatic carbocycles. The van der Waals surface area contributed by atoms with Gasteiger partial charge >= 0.3 is 5.97 Å². The first-order valence-corrected chi connectivity index (χ1v) is 15.2. The fourth-order valence-electron chi connectivity index (χ4n) is 6.08. The molecule has 0 aliphatic heterocycles. The topological polar surface area (TPSA) is 57.8 Å². The number of nitrogens with zero attached hydrogens (tertiary/aromatic N) is 2. The van der Waals surface area contributed by atoms with E-state index >= 15 is 0 Å². The zero-order valence-electron chi connectivity index (χ0n) is 25.1. The number of ether oxygens (including phenoxy) is 2. The number of carbonyl (C=O) groups is 1. The molecule has 5 rings (SSSR count). The van der Waals surface area contributed by atoms with E-state index in [2.05, 4.69) is 102 Å². The standard InChI is InChI=1S/C36H43N3O3/c1-4-38(5-2)21-22-42-31-10-8-9-28(24-31)26-39(20-19-30-25-37-34-12-7-6-11-32(30)34)35-17-15-29-23-27(13-16-33(29)35)14-18-36(40)41-3/h6-14,16,18,23-25,35,37H,4-5,15,17,19-22,26H2,1-3H3. The summed E-state index contributed by atoms with van der Waals surface area (Å²) in [4.78, 5) is 20.0. The molecule has 220 valence electrons. The summed E-state index contributed by atoms with van der Waals surface area (Å²) in [5.41, 5.74) is 7.58. The van der Waals surface area contributed by atoms with Gasteiger partial charge in [-0.2, -0.15) is 0 Å². The second kappa shape index (κ2) is 14.3.